The van der Waals surface area contributed by atoms with Crippen molar-refractivity contribution in [2.45, 2.75) is 335 Å². The van der Waals surface area contributed by atoms with E-state index in [0.717, 1.165) is 62.0 Å². The molecule has 0 spiro atoms. The largest absolute Gasteiger partial charge is 0.255 e. The molecular weight excluding hydrogens is 927 g/mol. The van der Waals surface area contributed by atoms with Gasteiger partial charge in [0.25, 0.3) is 0 Å². The van der Waals surface area contributed by atoms with Crippen LogP contribution < -0.4 is 0 Å². The van der Waals surface area contributed by atoms with Gasteiger partial charge in [0.15, 0.2) is 0 Å². The van der Waals surface area contributed by atoms with Gasteiger partial charge in [-0.25, -0.2) is 0 Å². The number of rotatable bonds is 54. The summed E-state index contributed by atoms with van der Waals surface area (Å²) in [6.07, 6.45) is 79.0. The van der Waals surface area contributed by atoms with E-state index < -0.39 is 0 Å². The van der Waals surface area contributed by atoms with Gasteiger partial charge in [-0.05, 0) is 100 Å². The number of aliphatic imine (C=N–C) groups is 2. The van der Waals surface area contributed by atoms with E-state index in [-0.39, 0.29) is 16.5 Å². The molecule has 2 rings (SSSR count). The minimum atomic E-state index is 0. The second-order valence-corrected chi connectivity index (χ2v) is 22.3. The van der Waals surface area contributed by atoms with E-state index in [1.165, 1.54) is 281 Å². The molecule has 0 saturated carbocycles. The van der Waals surface area contributed by atoms with Crippen molar-refractivity contribution in [3.63, 3.8) is 0 Å². The average Bonchev–Trinajstić information content (AvgIpc) is 3.40. The summed E-state index contributed by atoms with van der Waals surface area (Å²) in [5.41, 5.74) is 6.01. The summed E-state index contributed by atoms with van der Waals surface area (Å²) in [5.74, 6) is 0. The van der Waals surface area contributed by atoms with Crippen molar-refractivity contribution in [2.75, 3.05) is 0 Å². The van der Waals surface area contributed by atoms with Crippen molar-refractivity contribution in [2.24, 2.45) is 9.98 Å². The van der Waals surface area contributed by atoms with Gasteiger partial charge in [-0.15, -0.1) is 0 Å². The molecule has 0 saturated heterocycles. The van der Waals surface area contributed by atoms with E-state index in [1.807, 2.05) is 0 Å². The van der Waals surface area contributed by atoms with E-state index in [9.17, 15) is 0 Å². The second-order valence-electron chi connectivity index (χ2n) is 22.3. The molecule has 0 aliphatic heterocycles. The predicted molar refractivity (Wildman–Crippen MR) is 328 cm³/mol. The molecule has 2 aromatic rings. The monoisotopic (exact) mass is 1050 g/mol. The van der Waals surface area contributed by atoms with Gasteiger partial charge < -0.3 is 0 Å². The molecule has 0 heterocycles. The number of aryl methyl sites for hydroxylation is 2. The fourth-order valence-corrected chi connectivity index (χ4v) is 10.5. The summed E-state index contributed by atoms with van der Waals surface area (Å²) in [7, 11) is 0. The maximum absolute atomic E-state index is 5.26. The first-order valence-corrected chi connectivity index (χ1v) is 32.4. The zero-order valence-electron chi connectivity index (χ0n) is 48.9. The average molecular weight is 1050 g/mol. The molecule has 0 atom stereocenters. The molecule has 0 amide bonds. The first-order chi connectivity index (χ1) is 35.8. The SMILES string of the molecule is CCCCCCCCCCCCCCCCCCCCCC=CCCCc1ccccc1N=CC(CCCC)=Nc1ccccc1CCCC=CCCCCCCCCCCCCCCCCCCCCC.[Ni]. The van der Waals surface area contributed by atoms with Crippen LogP contribution in [0.25, 0.3) is 0 Å². The summed E-state index contributed by atoms with van der Waals surface area (Å²) in [5, 5.41) is 0. The van der Waals surface area contributed by atoms with Crippen molar-refractivity contribution >= 4 is 23.3 Å². The zero-order valence-corrected chi connectivity index (χ0v) is 49.9. The Morgan fingerprint density at radius 2 is 0.589 bits per heavy atom. The van der Waals surface area contributed by atoms with Crippen LogP contribution in [-0.2, 0) is 29.3 Å². The van der Waals surface area contributed by atoms with Gasteiger partial charge in [0, 0.05) is 22.7 Å². The van der Waals surface area contributed by atoms with Gasteiger partial charge in [-0.1, -0.05) is 319 Å². The van der Waals surface area contributed by atoms with Crippen LogP contribution in [0.5, 0.6) is 0 Å². The van der Waals surface area contributed by atoms with Crippen LogP contribution in [0.15, 0.2) is 82.8 Å². The molecule has 3 heteroatoms. The van der Waals surface area contributed by atoms with Gasteiger partial charge in [-0.2, -0.15) is 0 Å². The number of unbranched alkanes of at least 4 members (excludes halogenated alkanes) is 41. The van der Waals surface area contributed by atoms with Gasteiger partial charge >= 0.3 is 0 Å². The molecule has 0 aromatic heterocycles. The molecule has 2 aromatic carbocycles. The Kier molecular flexibility index (Phi) is 52.7. The minimum Gasteiger partial charge on any atom is -0.255 e. The third-order valence-electron chi connectivity index (χ3n) is 15.3. The minimum absolute atomic E-state index is 0. The van der Waals surface area contributed by atoms with E-state index in [4.69, 9.17) is 9.98 Å². The Balaban J connectivity index is 0.0000266. The predicted octanol–water partition coefficient (Wildman–Crippen LogP) is 24.8. The fraction of sp³-hybridized carbons (Fsp3) is 0.743. The molecule has 0 aliphatic carbocycles. The maximum atomic E-state index is 5.26. The quantitative estimate of drug-likeness (QED) is 0.0273. The van der Waals surface area contributed by atoms with E-state index in [2.05, 4.69) is 99.8 Å². The summed E-state index contributed by atoms with van der Waals surface area (Å²) < 4.78 is 0. The molecule has 0 N–H and O–H groups in total. The fourth-order valence-electron chi connectivity index (χ4n) is 10.5. The summed E-state index contributed by atoms with van der Waals surface area (Å²) >= 11 is 0. The Morgan fingerprint density at radius 3 is 0.932 bits per heavy atom. The molecule has 0 bridgehead atoms. The van der Waals surface area contributed by atoms with Crippen LogP contribution in [0.4, 0.5) is 11.4 Å². The first kappa shape index (κ1) is 68.8. The number of nitrogens with zero attached hydrogens (tertiary/aromatic N) is 2. The second kappa shape index (κ2) is 56.0. The molecule has 0 fully saturated rings. The molecule has 2 nitrogen and oxygen atoms in total. The van der Waals surface area contributed by atoms with Crippen molar-refractivity contribution < 1.29 is 16.5 Å². The van der Waals surface area contributed by atoms with Gasteiger partial charge in [0.1, 0.15) is 0 Å². The first-order valence-electron chi connectivity index (χ1n) is 32.4. The van der Waals surface area contributed by atoms with Crippen LogP contribution >= 0.6 is 0 Å². The molecule has 0 radical (unpaired) electrons. The van der Waals surface area contributed by atoms with Crippen molar-refractivity contribution in [3.05, 3.63) is 84.0 Å². The smallest absolute Gasteiger partial charge is 0.0665 e. The van der Waals surface area contributed by atoms with Crippen molar-refractivity contribution in [1.29, 1.82) is 0 Å². The van der Waals surface area contributed by atoms with Crippen LogP contribution in [0.3, 0.4) is 0 Å². The van der Waals surface area contributed by atoms with Crippen molar-refractivity contribution in [1.82, 2.24) is 0 Å². The van der Waals surface area contributed by atoms with E-state index in [0.29, 0.717) is 0 Å². The van der Waals surface area contributed by atoms with Crippen LogP contribution in [0, 0.1) is 0 Å². The molecular formula is C70H120N2Ni. The zero-order chi connectivity index (χ0) is 51.1. The molecule has 0 unspecified atom stereocenters. The van der Waals surface area contributed by atoms with Crippen molar-refractivity contribution in [3.8, 4) is 0 Å². The normalized spacial score (nSPS) is 12.1. The molecule has 0 aliphatic rings. The topological polar surface area (TPSA) is 24.7 Å². The third-order valence-corrected chi connectivity index (χ3v) is 15.3. The molecule has 420 valence electrons. The summed E-state index contributed by atoms with van der Waals surface area (Å²) in [6, 6.07) is 17.6. The Labute approximate surface area is 466 Å². The maximum Gasteiger partial charge on any atom is 0.0665 e. The number of hydrogen-bond acceptors (Lipinski definition) is 2. The van der Waals surface area contributed by atoms with Crippen LogP contribution in [-0.4, -0.2) is 11.9 Å². The number of para-hydroxylation sites is 2. The van der Waals surface area contributed by atoms with Gasteiger partial charge in [0.05, 0.1) is 17.1 Å². The Bertz CT molecular complexity index is 1550. The molecule has 73 heavy (non-hydrogen) atoms. The Morgan fingerprint density at radius 1 is 0.315 bits per heavy atom. The third kappa shape index (κ3) is 44.6. The summed E-state index contributed by atoms with van der Waals surface area (Å²) in [6.45, 7) is 6.88. The van der Waals surface area contributed by atoms with E-state index in [1.54, 1.807) is 0 Å². The van der Waals surface area contributed by atoms with Crippen LogP contribution in [0.1, 0.15) is 334 Å². The van der Waals surface area contributed by atoms with E-state index >= 15 is 0 Å². The summed E-state index contributed by atoms with van der Waals surface area (Å²) in [4.78, 5) is 10.3. The number of allylic oxidation sites excluding steroid dienone is 4. The standard InChI is InChI=1S/C70H120N2.Ni/c1-4-7-10-12-14-16-18-20-22-24-26-28-30-32-34-36-38-40-42-44-46-48-50-52-58-66-60-54-56-63-69(66)71-65-68(62-9-6-3)72-70-64-57-55-61-67(70)59-53-51-49-47-45-43-41-39-37-35-33-31-29-27-25-23-21-19-17-15-13-11-8-5-2;/h46-49,54-57,60-61,63-65H,4-45,50-53,58-59,62H2,1-3H3;. The van der Waals surface area contributed by atoms with Gasteiger partial charge in [0.2, 0.25) is 0 Å². The van der Waals surface area contributed by atoms with Gasteiger partial charge in [-0.3, -0.25) is 9.98 Å². The number of benzene rings is 2. The van der Waals surface area contributed by atoms with Crippen LogP contribution in [0.2, 0.25) is 0 Å². The Hall–Kier alpha value is -2.25. The number of hydrogen-bond donors (Lipinski definition) is 0.